The third-order valence-electron chi connectivity index (χ3n) is 8.47. The lowest BCUT2D eigenvalue weighted by Crippen LogP contribution is -2.35. The summed E-state index contributed by atoms with van der Waals surface area (Å²) in [6.07, 6.45) is -12.3. The number of anilines is 2. The van der Waals surface area contributed by atoms with Crippen LogP contribution in [0.1, 0.15) is 103 Å². The van der Waals surface area contributed by atoms with E-state index in [-0.39, 0.29) is 69.3 Å². The van der Waals surface area contributed by atoms with E-state index in [4.69, 9.17) is 87.5 Å². The molecule has 0 bridgehead atoms. The highest BCUT2D eigenvalue weighted by molar-refractivity contribution is 7.99. The molecule has 4 aliphatic rings. The van der Waals surface area contributed by atoms with Crippen LogP contribution in [0, 0.1) is 0 Å². The Bertz CT molecular complexity index is 2670. The molecule has 55 heavy (non-hydrogen) atoms. The van der Waals surface area contributed by atoms with Crippen LogP contribution < -0.4 is 11.1 Å². The second-order valence-corrected chi connectivity index (χ2v) is 15.1. The second kappa shape index (κ2) is 18.4. The molecule has 2 aliphatic carbocycles. The summed E-state index contributed by atoms with van der Waals surface area (Å²) in [7, 11) is 0. The van der Waals surface area contributed by atoms with Crippen molar-refractivity contribution in [1.29, 1.82) is 0 Å². The number of aromatic nitrogens is 7. The van der Waals surface area contributed by atoms with E-state index in [0.717, 1.165) is 0 Å². The minimum atomic E-state index is -3.33. The van der Waals surface area contributed by atoms with E-state index < -0.39 is 135 Å². The minimum Gasteiger partial charge on any atom is -0.394 e. The first-order valence-electron chi connectivity index (χ1n) is 27.1. The van der Waals surface area contributed by atoms with Gasteiger partial charge in [-0.1, -0.05) is 65.6 Å². The van der Waals surface area contributed by atoms with Crippen LogP contribution in [-0.2, 0) is 28.4 Å². The molecular weight excluding hydrogens is 797 g/mol. The molecule has 3 aromatic heterocycles. The molecule has 5 N–H and O–H groups in total. The van der Waals surface area contributed by atoms with Gasteiger partial charge in [-0.05, 0) is 46.9 Å². The van der Waals surface area contributed by atoms with Crippen LogP contribution in [0.5, 0.6) is 0 Å². The van der Waals surface area contributed by atoms with E-state index in [1.165, 1.54) is 4.68 Å². The standard InChI is InChI=1S/C17H24ClN5O4S.C17H27ClN4O4S/c1-4-7-28-16-19-14(18)11-15(20-16)23(22-21-11)9-8-10(25-6-5-24)13-12(9)26-17(2,3)27-13;1-4-7-27-16-21-14(18)11(19)15(22-16)20-9-8-10(24-6-5-23)13-12(9)25-17(2,3)26-13/h9-10,12-13,24H,4-8H2,1-3H3;9-10,12-13,23H,4-8,19H2,1-3H3,(H,20,21,22)/t2*9-,10+,12+,13-/m11/s1/i2*1D3,4D2,5D2,6D2,7D2. The van der Waals surface area contributed by atoms with Crippen molar-refractivity contribution in [2.45, 2.75) is 138 Å². The molecule has 7 rings (SSSR count). The zero-order chi connectivity index (χ0) is 58.8. The predicted molar refractivity (Wildman–Crippen MR) is 209 cm³/mol. The molecule has 2 aliphatic heterocycles. The molecule has 8 atom stereocenters. The third-order valence-corrected chi connectivity index (χ3v) is 10.2. The Morgan fingerprint density at radius 1 is 0.855 bits per heavy atom. The van der Waals surface area contributed by atoms with Crippen molar-refractivity contribution in [2.75, 3.05) is 48.7 Å². The lowest BCUT2D eigenvalue weighted by molar-refractivity contribution is -0.171. The molecule has 5 heterocycles. The molecule has 2 saturated heterocycles. The van der Waals surface area contributed by atoms with E-state index in [0.29, 0.717) is 0 Å². The van der Waals surface area contributed by atoms with Gasteiger partial charge in [-0.3, -0.25) is 0 Å². The van der Waals surface area contributed by atoms with Gasteiger partial charge in [0.15, 0.2) is 49.2 Å². The Morgan fingerprint density at radius 2 is 1.42 bits per heavy atom. The van der Waals surface area contributed by atoms with Crippen LogP contribution in [0.15, 0.2) is 10.3 Å². The van der Waals surface area contributed by atoms with Crippen molar-refractivity contribution in [3.8, 4) is 0 Å². The number of aliphatic hydroxyl groups is 2. The lowest BCUT2D eigenvalue weighted by atomic mass is 10.2. The fourth-order valence-corrected chi connectivity index (χ4v) is 7.90. The molecular formula is C34H51Cl2N9O8S2. The maximum Gasteiger partial charge on any atom is 0.191 e. The van der Waals surface area contributed by atoms with Gasteiger partial charge in [0, 0.05) is 37.0 Å². The Labute approximate surface area is 369 Å². The van der Waals surface area contributed by atoms with Gasteiger partial charge >= 0.3 is 0 Å². The quantitative estimate of drug-likeness (QED) is 0.0939. The molecule has 2 saturated carbocycles. The number of nitrogens with zero attached hydrogens (tertiary/aromatic N) is 7. The van der Waals surface area contributed by atoms with E-state index >= 15 is 0 Å². The Kier molecular flexibility index (Phi) is 7.51. The van der Waals surface area contributed by atoms with Gasteiger partial charge in [0.1, 0.15) is 30.1 Å². The van der Waals surface area contributed by atoms with Gasteiger partial charge in [0.05, 0.1) is 61.5 Å². The number of nitrogens with one attached hydrogen (secondary N) is 1. The van der Waals surface area contributed by atoms with E-state index in [2.05, 4.69) is 35.6 Å². The van der Waals surface area contributed by atoms with Gasteiger partial charge in [-0.2, -0.15) is 0 Å². The number of rotatable bonds is 15. The molecule has 0 amide bonds. The fourth-order valence-electron chi connectivity index (χ4n) is 6.60. The first kappa shape index (κ1) is 22.5. The number of hydrogen-bond acceptors (Lipinski definition) is 18. The number of thioether (sulfide) groups is 2. The summed E-state index contributed by atoms with van der Waals surface area (Å²) in [5.74, 6) is -2.41. The number of hydrogen-bond donors (Lipinski definition) is 4. The zero-order valence-electron chi connectivity index (χ0n) is 51.2. The number of ether oxygens (including phenoxy) is 6. The molecule has 4 fully saturated rings. The monoisotopic (exact) mass is 869 g/mol. The van der Waals surface area contributed by atoms with Crippen LogP contribution in [0.3, 0.4) is 0 Å². The molecule has 21 heteroatoms. The van der Waals surface area contributed by atoms with Gasteiger partial charge < -0.3 is 49.7 Å². The maximum absolute atomic E-state index is 9.61. The highest BCUT2D eigenvalue weighted by atomic mass is 35.5. The predicted octanol–water partition coefficient (Wildman–Crippen LogP) is 4.52. The Hall–Kier alpha value is -1.88. The largest absolute Gasteiger partial charge is 0.394 e. The normalized spacial score (nSPS) is 37.5. The average molecular weight is 871 g/mol. The highest BCUT2D eigenvalue weighted by Crippen LogP contribution is 2.46. The summed E-state index contributed by atoms with van der Waals surface area (Å²) in [6.45, 7) is -13.0. The second-order valence-electron chi connectivity index (χ2n) is 12.9. The highest BCUT2D eigenvalue weighted by Gasteiger charge is 2.56. The minimum absolute atomic E-state index is 0.0125. The summed E-state index contributed by atoms with van der Waals surface area (Å²) < 4.78 is 204. The van der Waals surface area contributed by atoms with E-state index in [9.17, 15) is 10.2 Å². The number of nitrogens with two attached hydrogens (primary N) is 1. The summed E-state index contributed by atoms with van der Waals surface area (Å²) in [6, 6.07) is -1.55. The first-order valence-corrected chi connectivity index (χ1v) is 18.5. The van der Waals surface area contributed by atoms with Crippen LogP contribution in [0.25, 0.3) is 11.2 Å². The van der Waals surface area contributed by atoms with Gasteiger partial charge in [0.25, 0.3) is 0 Å². The molecule has 0 spiro atoms. The number of fused-ring (bicyclic) bond motifs is 3. The summed E-state index contributed by atoms with van der Waals surface area (Å²) in [5, 5.41) is 28.7. The molecule has 0 unspecified atom stereocenters. The zero-order valence-corrected chi connectivity index (χ0v) is 32.3. The van der Waals surface area contributed by atoms with Crippen molar-refractivity contribution in [3.05, 3.63) is 10.3 Å². The van der Waals surface area contributed by atoms with Crippen LogP contribution >= 0.6 is 46.7 Å². The van der Waals surface area contributed by atoms with Crippen molar-refractivity contribution >= 4 is 69.4 Å². The van der Waals surface area contributed by atoms with Crippen molar-refractivity contribution in [2.24, 2.45) is 0 Å². The first-order chi connectivity index (χ1) is 34.4. The molecule has 3 aromatic rings. The molecule has 0 radical (unpaired) electrons. The SMILES string of the molecule is [2H]C([2H])([2H])C([2H])([2H])C([2H])([2H])Sc1nc(Cl)c(N)c(N[C@@H]2C[C@H](OC([2H])([2H])C([2H])([2H])O)[C@H]3OC(C)(C)O[C@H]32)n1.[2H]C([2H])([2H])C([2H])([2H])C([2H])([2H])Sc1nc(Cl)c2nnn([C@@H]3C[C@H](OC([2H])([2H])C([2H])([2H])O)[C@H]4OC(C)(C)O[C@H]43)c2n1. The lowest BCUT2D eigenvalue weighted by Gasteiger charge is -2.24. The Morgan fingerprint density at radius 3 is 2.05 bits per heavy atom. The van der Waals surface area contributed by atoms with Crippen LogP contribution in [-0.4, -0.2) is 137 Å². The topological polar surface area (TPSA) is 216 Å². The summed E-state index contributed by atoms with van der Waals surface area (Å²) in [4.78, 5) is 16.1. The fraction of sp³-hybridized carbons (Fsp3) is 0.765. The van der Waals surface area contributed by atoms with Crippen LogP contribution in [0.4, 0.5) is 11.5 Å². The number of nitrogen functional groups attached to an aromatic ring is 1. The van der Waals surface area contributed by atoms with Gasteiger partial charge in [-0.15, -0.1) is 5.10 Å². The Balaban J connectivity index is 0.000000250. The summed E-state index contributed by atoms with van der Waals surface area (Å²) >= 11 is 12.6. The smallest absolute Gasteiger partial charge is 0.191 e. The summed E-state index contributed by atoms with van der Waals surface area (Å²) in [5.41, 5.74) is -0.237. The third kappa shape index (κ3) is 9.88. The van der Waals surface area contributed by atoms with Crippen molar-refractivity contribution in [3.63, 3.8) is 0 Å². The van der Waals surface area contributed by atoms with Crippen LogP contribution in [0.2, 0.25) is 10.3 Å². The molecule has 0 aromatic carbocycles. The molecule has 306 valence electrons. The average Bonchev–Trinajstić information content (AvgIpc) is 4.01. The van der Waals surface area contributed by atoms with E-state index in [1.54, 1.807) is 27.7 Å². The van der Waals surface area contributed by atoms with E-state index in [1.807, 2.05) is 0 Å². The van der Waals surface area contributed by atoms with Gasteiger partial charge in [0.2, 0.25) is 0 Å². The van der Waals surface area contributed by atoms with Crippen molar-refractivity contribution in [1.82, 2.24) is 34.9 Å². The number of halogens is 2. The molecule has 17 nitrogen and oxygen atoms in total. The van der Waals surface area contributed by atoms with Gasteiger partial charge in [-0.25, -0.2) is 24.6 Å². The van der Waals surface area contributed by atoms with Crippen molar-refractivity contribution < 1.29 is 68.8 Å². The maximum atomic E-state index is 9.61.